The third-order valence-corrected chi connectivity index (χ3v) is 2.55. The topological polar surface area (TPSA) is 43.4 Å². The van der Waals surface area contributed by atoms with Gasteiger partial charge in [0, 0.05) is 19.3 Å². The lowest BCUT2D eigenvalue weighted by molar-refractivity contribution is 0.0904. The standard InChI is InChI=1S/C11H16N2O2/c1-14-10-2-3-11(12-8-10)13-9-4-6-15-7-5-9/h2-3,8-9H,4-7H2,1H3,(H,12,13). The number of hydrogen-bond acceptors (Lipinski definition) is 4. The van der Waals surface area contributed by atoms with Crippen molar-refractivity contribution in [3.63, 3.8) is 0 Å². The first kappa shape index (κ1) is 10.2. The van der Waals surface area contributed by atoms with Gasteiger partial charge >= 0.3 is 0 Å². The molecule has 0 saturated carbocycles. The number of anilines is 1. The Bertz CT molecular complexity index is 294. The summed E-state index contributed by atoms with van der Waals surface area (Å²) in [7, 11) is 1.64. The van der Waals surface area contributed by atoms with E-state index >= 15 is 0 Å². The van der Waals surface area contributed by atoms with Gasteiger partial charge in [0.25, 0.3) is 0 Å². The van der Waals surface area contributed by atoms with Crippen LogP contribution in [-0.4, -0.2) is 31.3 Å². The van der Waals surface area contributed by atoms with Crippen molar-refractivity contribution < 1.29 is 9.47 Å². The average molecular weight is 208 g/mol. The predicted molar refractivity (Wildman–Crippen MR) is 58.3 cm³/mol. The first-order chi connectivity index (χ1) is 7.38. The molecule has 1 saturated heterocycles. The Morgan fingerprint density at radius 3 is 2.80 bits per heavy atom. The number of methoxy groups -OCH3 is 1. The van der Waals surface area contributed by atoms with E-state index in [1.807, 2.05) is 12.1 Å². The molecule has 4 heteroatoms. The van der Waals surface area contributed by atoms with E-state index in [1.54, 1.807) is 13.3 Å². The summed E-state index contributed by atoms with van der Waals surface area (Å²) >= 11 is 0. The van der Waals surface area contributed by atoms with Gasteiger partial charge in [-0.3, -0.25) is 0 Å². The van der Waals surface area contributed by atoms with Gasteiger partial charge in [0.2, 0.25) is 0 Å². The third kappa shape index (κ3) is 2.83. The quantitative estimate of drug-likeness (QED) is 0.820. The van der Waals surface area contributed by atoms with Gasteiger partial charge in [-0.1, -0.05) is 0 Å². The number of nitrogens with one attached hydrogen (secondary N) is 1. The lowest BCUT2D eigenvalue weighted by Crippen LogP contribution is -2.28. The Kier molecular flexibility index (Phi) is 3.40. The van der Waals surface area contributed by atoms with Gasteiger partial charge in [-0.25, -0.2) is 4.98 Å². The van der Waals surface area contributed by atoms with Crippen LogP contribution in [0.3, 0.4) is 0 Å². The molecule has 0 aliphatic carbocycles. The number of aromatic nitrogens is 1. The average Bonchev–Trinajstić information content (AvgIpc) is 2.31. The van der Waals surface area contributed by atoms with Crippen LogP contribution in [0.1, 0.15) is 12.8 Å². The van der Waals surface area contributed by atoms with Crippen molar-refractivity contribution in [3.8, 4) is 5.75 Å². The second-order valence-electron chi connectivity index (χ2n) is 3.61. The molecule has 0 radical (unpaired) electrons. The maximum absolute atomic E-state index is 5.29. The van der Waals surface area contributed by atoms with Gasteiger partial charge in [0.15, 0.2) is 0 Å². The van der Waals surface area contributed by atoms with Gasteiger partial charge in [-0.05, 0) is 25.0 Å². The Labute approximate surface area is 89.6 Å². The highest BCUT2D eigenvalue weighted by Crippen LogP contribution is 2.15. The molecule has 0 atom stereocenters. The number of pyridine rings is 1. The fraction of sp³-hybridized carbons (Fsp3) is 0.545. The van der Waals surface area contributed by atoms with Crippen LogP contribution in [0, 0.1) is 0 Å². The summed E-state index contributed by atoms with van der Waals surface area (Å²) in [5.41, 5.74) is 0. The molecule has 1 N–H and O–H groups in total. The minimum atomic E-state index is 0.486. The minimum absolute atomic E-state index is 0.486. The Morgan fingerprint density at radius 1 is 1.40 bits per heavy atom. The smallest absolute Gasteiger partial charge is 0.137 e. The van der Waals surface area contributed by atoms with Crippen molar-refractivity contribution >= 4 is 5.82 Å². The van der Waals surface area contributed by atoms with Crippen molar-refractivity contribution in [3.05, 3.63) is 18.3 Å². The molecule has 1 fully saturated rings. The fourth-order valence-electron chi connectivity index (χ4n) is 1.64. The van der Waals surface area contributed by atoms with Gasteiger partial charge < -0.3 is 14.8 Å². The summed E-state index contributed by atoms with van der Waals surface area (Å²) in [6, 6.07) is 4.34. The predicted octanol–water partition coefficient (Wildman–Crippen LogP) is 1.68. The largest absolute Gasteiger partial charge is 0.495 e. The molecule has 2 heterocycles. The Balaban J connectivity index is 1.91. The monoisotopic (exact) mass is 208 g/mol. The van der Waals surface area contributed by atoms with E-state index in [9.17, 15) is 0 Å². The van der Waals surface area contributed by atoms with Crippen LogP contribution in [-0.2, 0) is 4.74 Å². The Morgan fingerprint density at radius 2 is 2.20 bits per heavy atom. The lowest BCUT2D eigenvalue weighted by Gasteiger charge is -2.23. The molecule has 0 unspecified atom stereocenters. The summed E-state index contributed by atoms with van der Waals surface area (Å²) in [5.74, 6) is 1.69. The highest BCUT2D eigenvalue weighted by atomic mass is 16.5. The molecular formula is C11H16N2O2. The third-order valence-electron chi connectivity index (χ3n) is 2.55. The molecular weight excluding hydrogens is 192 g/mol. The van der Waals surface area contributed by atoms with Crippen LogP contribution in [0.5, 0.6) is 5.75 Å². The molecule has 1 aliphatic rings. The van der Waals surface area contributed by atoms with E-state index in [2.05, 4.69) is 10.3 Å². The molecule has 1 aliphatic heterocycles. The van der Waals surface area contributed by atoms with Gasteiger partial charge in [-0.15, -0.1) is 0 Å². The van der Waals surface area contributed by atoms with Crippen LogP contribution in [0.15, 0.2) is 18.3 Å². The van der Waals surface area contributed by atoms with Gasteiger partial charge in [0.05, 0.1) is 13.3 Å². The van der Waals surface area contributed by atoms with Crippen LogP contribution in [0.4, 0.5) is 5.82 Å². The van der Waals surface area contributed by atoms with Crippen molar-refractivity contribution in [2.24, 2.45) is 0 Å². The molecule has 1 aromatic rings. The zero-order valence-electron chi connectivity index (χ0n) is 8.90. The number of rotatable bonds is 3. The van der Waals surface area contributed by atoms with Crippen LogP contribution >= 0.6 is 0 Å². The highest BCUT2D eigenvalue weighted by Gasteiger charge is 2.13. The van der Waals surface area contributed by atoms with E-state index in [-0.39, 0.29) is 0 Å². The van der Waals surface area contributed by atoms with Crippen molar-refractivity contribution in [1.82, 2.24) is 4.98 Å². The highest BCUT2D eigenvalue weighted by molar-refractivity contribution is 5.38. The fourth-order valence-corrected chi connectivity index (χ4v) is 1.64. The molecule has 0 bridgehead atoms. The normalized spacial score (nSPS) is 17.4. The molecule has 82 valence electrons. The van der Waals surface area contributed by atoms with E-state index in [0.717, 1.165) is 37.6 Å². The summed E-state index contributed by atoms with van der Waals surface area (Å²) in [6.07, 6.45) is 3.82. The van der Waals surface area contributed by atoms with Gasteiger partial charge in [0.1, 0.15) is 11.6 Å². The SMILES string of the molecule is COc1ccc(NC2CCOCC2)nc1. The number of ether oxygens (including phenoxy) is 2. The number of hydrogen-bond donors (Lipinski definition) is 1. The summed E-state index contributed by atoms with van der Waals surface area (Å²) in [6.45, 7) is 1.68. The molecule has 4 nitrogen and oxygen atoms in total. The molecule has 2 rings (SSSR count). The van der Waals surface area contributed by atoms with E-state index in [4.69, 9.17) is 9.47 Å². The maximum atomic E-state index is 5.29. The van der Waals surface area contributed by atoms with Crippen LogP contribution in [0.25, 0.3) is 0 Å². The Hall–Kier alpha value is -1.29. The zero-order chi connectivity index (χ0) is 10.5. The van der Waals surface area contributed by atoms with E-state index < -0.39 is 0 Å². The second-order valence-corrected chi connectivity index (χ2v) is 3.61. The molecule has 15 heavy (non-hydrogen) atoms. The van der Waals surface area contributed by atoms with Crippen molar-refractivity contribution in [1.29, 1.82) is 0 Å². The molecule has 0 spiro atoms. The van der Waals surface area contributed by atoms with E-state index in [1.165, 1.54) is 0 Å². The molecule has 0 aromatic carbocycles. The summed E-state index contributed by atoms with van der Waals surface area (Å²) in [4.78, 5) is 4.27. The van der Waals surface area contributed by atoms with Crippen molar-refractivity contribution in [2.75, 3.05) is 25.6 Å². The van der Waals surface area contributed by atoms with E-state index in [0.29, 0.717) is 6.04 Å². The molecule has 0 amide bonds. The molecule has 1 aromatic heterocycles. The van der Waals surface area contributed by atoms with Crippen LogP contribution < -0.4 is 10.1 Å². The first-order valence-electron chi connectivity index (χ1n) is 5.23. The van der Waals surface area contributed by atoms with Gasteiger partial charge in [-0.2, -0.15) is 0 Å². The summed E-state index contributed by atoms with van der Waals surface area (Å²) in [5, 5.41) is 3.39. The second kappa shape index (κ2) is 4.98. The zero-order valence-corrected chi connectivity index (χ0v) is 8.90. The van der Waals surface area contributed by atoms with Crippen molar-refractivity contribution in [2.45, 2.75) is 18.9 Å². The summed E-state index contributed by atoms with van der Waals surface area (Å²) < 4.78 is 10.3. The first-order valence-corrected chi connectivity index (χ1v) is 5.23. The number of nitrogens with zero attached hydrogens (tertiary/aromatic N) is 1. The lowest BCUT2D eigenvalue weighted by atomic mass is 10.1. The van der Waals surface area contributed by atoms with Crippen LogP contribution in [0.2, 0.25) is 0 Å². The minimum Gasteiger partial charge on any atom is -0.495 e. The maximum Gasteiger partial charge on any atom is 0.137 e.